The molecule has 0 saturated heterocycles. The molecule has 0 fully saturated rings. The van der Waals surface area contributed by atoms with Crippen LogP contribution in [-0.4, -0.2) is 12.5 Å². The standard InChI is InChI=1S/C13H19FN2O/c1-3-4-9(2)8-16-10-5-6-12(14)11(7-10)13(15)17/h5-7,9,16H,3-4,8H2,1-2H3,(H2,15,17). The molecule has 0 bridgehead atoms. The number of benzene rings is 1. The molecule has 4 heteroatoms. The van der Waals surface area contributed by atoms with Gasteiger partial charge in [0.05, 0.1) is 5.56 Å². The fourth-order valence-corrected chi connectivity index (χ4v) is 1.71. The second kappa shape index (κ2) is 6.23. The molecule has 0 aliphatic carbocycles. The number of amides is 1. The van der Waals surface area contributed by atoms with Crippen molar-refractivity contribution in [2.75, 3.05) is 11.9 Å². The molecule has 1 amide bonds. The van der Waals surface area contributed by atoms with Crippen LogP contribution in [0.4, 0.5) is 10.1 Å². The Kier molecular flexibility index (Phi) is 4.94. The molecule has 0 spiro atoms. The minimum atomic E-state index is -0.743. The van der Waals surface area contributed by atoms with Gasteiger partial charge in [0.1, 0.15) is 5.82 Å². The van der Waals surface area contributed by atoms with Crippen LogP contribution in [0.15, 0.2) is 18.2 Å². The van der Waals surface area contributed by atoms with E-state index in [4.69, 9.17) is 5.73 Å². The largest absolute Gasteiger partial charge is 0.385 e. The van der Waals surface area contributed by atoms with Crippen molar-refractivity contribution < 1.29 is 9.18 Å². The van der Waals surface area contributed by atoms with E-state index in [1.54, 1.807) is 6.07 Å². The Labute approximate surface area is 101 Å². The second-order valence-electron chi connectivity index (χ2n) is 4.33. The number of carbonyl (C=O) groups excluding carboxylic acids is 1. The highest BCUT2D eigenvalue weighted by Crippen LogP contribution is 2.15. The third-order valence-corrected chi connectivity index (χ3v) is 2.67. The zero-order valence-corrected chi connectivity index (χ0v) is 10.3. The average Bonchev–Trinajstić information content (AvgIpc) is 2.28. The number of anilines is 1. The van der Waals surface area contributed by atoms with Crippen molar-refractivity contribution in [1.82, 2.24) is 0 Å². The number of nitrogens with two attached hydrogens (primary N) is 1. The summed E-state index contributed by atoms with van der Waals surface area (Å²) in [5, 5.41) is 3.18. The van der Waals surface area contributed by atoms with Crippen LogP contribution in [-0.2, 0) is 0 Å². The van der Waals surface area contributed by atoms with Crippen LogP contribution in [0.1, 0.15) is 37.0 Å². The summed E-state index contributed by atoms with van der Waals surface area (Å²) < 4.78 is 13.2. The molecule has 1 atom stereocenters. The number of rotatable bonds is 6. The molecule has 1 aromatic carbocycles. The first-order valence-corrected chi connectivity index (χ1v) is 5.87. The minimum absolute atomic E-state index is 0.0712. The van der Waals surface area contributed by atoms with E-state index >= 15 is 0 Å². The molecule has 0 heterocycles. The second-order valence-corrected chi connectivity index (χ2v) is 4.33. The van der Waals surface area contributed by atoms with Crippen molar-refractivity contribution in [2.45, 2.75) is 26.7 Å². The predicted molar refractivity (Wildman–Crippen MR) is 67.5 cm³/mol. The Morgan fingerprint density at radius 2 is 2.24 bits per heavy atom. The maximum Gasteiger partial charge on any atom is 0.251 e. The smallest absolute Gasteiger partial charge is 0.251 e. The van der Waals surface area contributed by atoms with Crippen molar-refractivity contribution in [3.05, 3.63) is 29.6 Å². The lowest BCUT2D eigenvalue weighted by atomic mass is 10.1. The number of primary amides is 1. The van der Waals surface area contributed by atoms with Gasteiger partial charge in [0.25, 0.3) is 5.91 Å². The van der Waals surface area contributed by atoms with E-state index < -0.39 is 11.7 Å². The highest BCUT2D eigenvalue weighted by atomic mass is 19.1. The molecule has 0 radical (unpaired) electrons. The topological polar surface area (TPSA) is 55.1 Å². The maximum absolute atomic E-state index is 13.2. The van der Waals surface area contributed by atoms with E-state index in [0.29, 0.717) is 5.92 Å². The fraction of sp³-hybridized carbons (Fsp3) is 0.462. The van der Waals surface area contributed by atoms with Crippen LogP contribution in [0.5, 0.6) is 0 Å². The summed E-state index contributed by atoms with van der Waals surface area (Å²) in [4.78, 5) is 11.0. The van der Waals surface area contributed by atoms with Gasteiger partial charge in [-0.25, -0.2) is 4.39 Å². The van der Waals surface area contributed by atoms with E-state index in [0.717, 1.165) is 25.1 Å². The van der Waals surface area contributed by atoms with Crippen LogP contribution >= 0.6 is 0 Å². The van der Waals surface area contributed by atoms with Crippen LogP contribution in [0.25, 0.3) is 0 Å². The molecule has 1 aromatic rings. The summed E-state index contributed by atoms with van der Waals surface area (Å²) in [6, 6.07) is 4.32. The molecule has 94 valence electrons. The Bertz CT molecular complexity index is 393. The van der Waals surface area contributed by atoms with E-state index in [2.05, 4.69) is 19.2 Å². The molecule has 0 aliphatic heterocycles. The van der Waals surface area contributed by atoms with Crippen molar-refractivity contribution >= 4 is 11.6 Å². The lowest BCUT2D eigenvalue weighted by Crippen LogP contribution is -2.15. The summed E-state index contributed by atoms with van der Waals surface area (Å²) in [5.74, 6) is -0.778. The summed E-state index contributed by atoms with van der Waals surface area (Å²) >= 11 is 0. The number of hydrogen-bond donors (Lipinski definition) is 2. The molecule has 3 nitrogen and oxygen atoms in total. The van der Waals surface area contributed by atoms with E-state index in [9.17, 15) is 9.18 Å². The molecular formula is C13H19FN2O. The Balaban J connectivity index is 2.66. The summed E-state index contributed by atoms with van der Waals surface area (Å²) in [7, 11) is 0. The van der Waals surface area contributed by atoms with Gasteiger partial charge in [-0.05, 0) is 30.5 Å². The molecule has 1 rings (SSSR count). The van der Waals surface area contributed by atoms with Crippen LogP contribution in [0.3, 0.4) is 0 Å². The van der Waals surface area contributed by atoms with Crippen molar-refractivity contribution in [3.63, 3.8) is 0 Å². The average molecular weight is 238 g/mol. The quantitative estimate of drug-likeness (QED) is 0.800. The van der Waals surface area contributed by atoms with Crippen molar-refractivity contribution in [1.29, 1.82) is 0 Å². The molecular weight excluding hydrogens is 219 g/mol. The maximum atomic E-state index is 13.2. The lowest BCUT2D eigenvalue weighted by molar-refractivity contribution is 0.0996. The predicted octanol–water partition coefficient (Wildman–Crippen LogP) is 2.77. The fourth-order valence-electron chi connectivity index (χ4n) is 1.71. The van der Waals surface area contributed by atoms with Gasteiger partial charge in [0.15, 0.2) is 0 Å². The number of hydrogen-bond acceptors (Lipinski definition) is 2. The lowest BCUT2D eigenvalue weighted by Gasteiger charge is -2.13. The van der Waals surface area contributed by atoms with Gasteiger partial charge in [-0.15, -0.1) is 0 Å². The van der Waals surface area contributed by atoms with Crippen LogP contribution in [0, 0.1) is 11.7 Å². The Hall–Kier alpha value is -1.58. The highest BCUT2D eigenvalue weighted by Gasteiger charge is 2.09. The summed E-state index contributed by atoms with van der Waals surface area (Å²) in [6.07, 6.45) is 2.27. The number of nitrogens with one attached hydrogen (secondary N) is 1. The van der Waals surface area contributed by atoms with Gasteiger partial charge in [-0.2, -0.15) is 0 Å². The highest BCUT2D eigenvalue weighted by molar-refractivity contribution is 5.94. The van der Waals surface area contributed by atoms with Crippen molar-refractivity contribution in [2.24, 2.45) is 11.7 Å². The van der Waals surface area contributed by atoms with Crippen molar-refractivity contribution in [3.8, 4) is 0 Å². The van der Waals surface area contributed by atoms with E-state index in [1.165, 1.54) is 12.1 Å². The molecule has 17 heavy (non-hydrogen) atoms. The third-order valence-electron chi connectivity index (χ3n) is 2.67. The van der Waals surface area contributed by atoms with Gasteiger partial charge in [-0.1, -0.05) is 20.3 Å². The summed E-state index contributed by atoms with van der Waals surface area (Å²) in [6.45, 7) is 5.09. The van der Waals surface area contributed by atoms with Gasteiger partial charge in [0.2, 0.25) is 0 Å². The van der Waals surface area contributed by atoms with Crippen LogP contribution in [0.2, 0.25) is 0 Å². The van der Waals surface area contributed by atoms with E-state index in [-0.39, 0.29) is 5.56 Å². The van der Waals surface area contributed by atoms with Gasteiger partial charge >= 0.3 is 0 Å². The number of carbonyl (C=O) groups is 1. The Morgan fingerprint density at radius 1 is 1.53 bits per heavy atom. The molecule has 3 N–H and O–H groups in total. The zero-order valence-electron chi connectivity index (χ0n) is 10.3. The van der Waals surface area contributed by atoms with E-state index in [1.807, 2.05) is 0 Å². The van der Waals surface area contributed by atoms with Gasteiger partial charge < -0.3 is 11.1 Å². The Morgan fingerprint density at radius 3 is 2.82 bits per heavy atom. The van der Waals surface area contributed by atoms with Crippen LogP contribution < -0.4 is 11.1 Å². The first kappa shape index (κ1) is 13.5. The summed E-state index contributed by atoms with van der Waals surface area (Å²) in [5.41, 5.74) is 5.73. The first-order valence-electron chi connectivity index (χ1n) is 5.87. The number of halogens is 1. The third kappa shape index (κ3) is 4.06. The molecule has 1 unspecified atom stereocenters. The molecule has 0 aromatic heterocycles. The monoisotopic (exact) mass is 238 g/mol. The SMILES string of the molecule is CCCC(C)CNc1ccc(F)c(C(N)=O)c1. The molecule has 0 saturated carbocycles. The van der Waals surface area contributed by atoms with Gasteiger partial charge in [-0.3, -0.25) is 4.79 Å². The minimum Gasteiger partial charge on any atom is -0.385 e. The molecule has 0 aliphatic rings. The normalized spacial score (nSPS) is 12.2. The first-order chi connectivity index (χ1) is 8.04. The zero-order chi connectivity index (χ0) is 12.8. The van der Waals surface area contributed by atoms with Gasteiger partial charge in [0, 0.05) is 12.2 Å².